The lowest BCUT2D eigenvalue weighted by molar-refractivity contribution is -0.462. The maximum atomic E-state index is 14.5. The maximum Gasteiger partial charge on any atom is 0.460 e. The minimum absolute atomic E-state index is 0.260. The molecular weight excluding hydrogens is 591 g/mol. The molecule has 1 aromatic rings. The topological polar surface area (TPSA) is 9.23 Å². The molecule has 0 radical (unpaired) electrons. The van der Waals surface area contributed by atoms with Crippen molar-refractivity contribution >= 4 is 0 Å². The predicted octanol–water partition coefficient (Wildman–Crippen LogP) is 8.90. The number of ether oxygens (including phenoxy) is 1. The molecule has 0 aliphatic rings. The second-order valence-electron chi connectivity index (χ2n) is 8.71. The number of halogens is 17. The Hall–Kier alpha value is -2.01. The highest BCUT2D eigenvalue weighted by Gasteiger charge is 2.95. The smallest absolute Gasteiger partial charge is 0.374 e. The second kappa shape index (κ2) is 10.1. The van der Waals surface area contributed by atoms with Crippen molar-refractivity contribution in [1.29, 1.82) is 0 Å². The van der Waals surface area contributed by atoms with Crippen LogP contribution in [0.3, 0.4) is 0 Å². The molecule has 0 spiro atoms. The summed E-state index contributed by atoms with van der Waals surface area (Å²) in [6.45, 7) is 2.22. The minimum atomic E-state index is -8.65. The van der Waals surface area contributed by atoms with Crippen LogP contribution < -0.4 is 0 Å². The summed E-state index contributed by atoms with van der Waals surface area (Å²) in [7, 11) is 0.571. The highest BCUT2D eigenvalue weighted by Crippen LogP contribution is 2.64. The van der Waals surface area contributed by atoms with Gasteiger partial charge in [-0.25, -0.2) is 0 Å². The molecule has 1 rings (SSSR count). The Labute approximate surface area is 209 Å². The number of rotatable bonds is 12. The number of benzene rings is 1. The van der Waals surface area contributed by atoms with Gasteiger partial charge in [0.1, 0.15) is 0 Å². The standard InChI is InChI=1S/C21H19F17O/c1-4-6-11-7-5-8-12(9-11)13(2,39-3)10-14(22,23)15(24,25)16(26,27)17(28,29)18(30,31)19(32,33)20(34,35)21(36,37)38/h5,7-9H,4,6,10H2,1-3H3. The van der Waals surface area contributed by atoms with Crippen molar-refractivity contribution in [2.75, 3.05) is 7.11 Å². The Morgan fingerprint density at radius 3 is 1.41 bits per heavy atom. The van der Waals surface area contributed by atoms with Crippen LogP contribution in [0.1, 0.15) is 37.8 Å². The van der Waals surface area contributed by atoms with Crippen molar-refractivity contribution in [3.05, 3.63) is 35.4 Å². The molecule has 18 heteroatoms. The SMILES string of the molecule is CCCc1cccc(C(C)(CC(F)(F)C(F)(F)C(F)(F)C(F)(F)C(F)(F)C(F)(F)C(F)(F)C(F)(F)F)OC)c1. The maximum absolute atomic E-state index is 14.5. The summed E-state index contributed by atoms with van der Waals surface area (Å²) in [6.07, 6.45) is -9.78. The summed E-state index contributed by atoms with van der Waals surface area (Å²) in [4.78, 5) is 0. The summed E-state index contributed by atoms with van der Waals surface area (Å²) in [5.74, 6) is -56.6. The van der Waals surface area contributed by atoms with Crippen molar-refractivity contribution in [3.63, 3.8) is 0 Å². The van der Waals surface area contributed by atoms with E-state index in [9.17, 15) is 74.6 Å². The second-order valence-corrected chi connectivity index (χ2v) is 8.71. The van der Waals surface area contributed by atoms with Crippen molar-refractivity contribution in [2.45, 2.75) is 86.3 Å². The molecule has 0 saturated heterocycles. The van der Waals surface area contributed by atoms with Gasteiger partial charge >= 0.3 is 47.6 Å². The van der Waals surface area contributed by atoms with Crippen LogP contribution in [0.5, 0.6) is 0 Å². The zero-order valence-electron chi connectivity index (χ0n) is 19.8. The Bertz CT molecular complexity index is 998. The van der Waals surface area contributed by atoms with E-state index in [1.54, 1.807) is 6.92 Å². The van der Waals surface area contributed by atoms with Gasteiger partial charge in [0, 0.05) is 7.11 Å². The normalized spacial score (nSPS) is 16.8. The van der Waals surface area contributed by atoms with Gasteiger partial charge in [-0.15, -0.1) is 0 Å². The summed E-state index contributed by atoms with van der Waals surface area (Å²) in [5.41, 5.74) is -2.85. The fourth-order valence-corrected chi connectivity index (χ4v) is 3.37. The third kappa shape index (κ3) is 5.25. The average molecular weight is 610 g/mol. The van der Waals surface area contributed by atoms with E-state index in [2.05, 4.69) is 4.74 Å². The molecule has 1 aromatic carbocycles. The molecule has 0 aromatic heterocycles. The highest BCUT2D eigenvalue weighted by atomic mass is 19.4. The highest BCUT2D eigenvalue weighted by molar-refractivity contribution is 5.29. The van der Waals surface area contributed by atoms with Gasteiger partial charge in [-0.05, 0) is 24.5 Å². The number of aryl methyl sites for hydroxylation is 1. The van der Waals surface area contributed by atoms with E-state index in [4.69, 9.17) is 0 Å². The average Bonchev–Trinajstić information content (AvgIpc) is 2.77. The lowest BCUT2D eigenvalue weighted by atomic mass is 9.82. The van der Waals surface area contributed by atoms with Crippen molar-refractivity contribution in [2.24, 2.45) is 0 Å². The number of hydrogen-bond acceptors (Lipinski definition) is 1. The van der Waals surface area contributed by atoms with Crippen molar-refractivity contribution in [1.82, 2.24) is 0 Å². The molecular formula is C21H19F17O. The summed E-state index contributed by atoms with van der Waals surface area (Å²) >= 11 is 0. The lowest BCUT2D eigenvalue weighted by Crippen LogP contribution is -2.74. The van der Waals surface area contributed by atoms with Crippen LogP contribution >= 0.6 is 0 Å². The van der Waals surface area contributed by atoms with E-state index in [0.29, 0.717) is 26.0 Å². The molecule has 0 N–H and O–H groups in total. The van der Waals surface area contributed by atoms with Gasteiger partial charge in [0.15, 0.2) is 0 Å². The van der Waals surface area contributed by atoms with E-state index >= 15 is 0 Å². The van der Waals surface area contributed by atoms with Crippen molar-refractivity contribution < 1.29 is 79.4 Å². The van der Waals surface area contributed by atoms with Crippen LogP contribution in [0, 0.1) is 0 Å². The van der Waals surface area contributed by atoms with E-state index in [-0.39, 0.29) is 6.42 Å². The largest absolute Gasteiger partial charge is 0.460 e. The Balaban J connectivity index is 3.66. The van der Waals surface area contributed by atoms with Crippen LogP contribution in [-0.4, -0.2) is 54.7 Å². The van der Waals surface area contributed by atoms with Crippen molar-refractivity contribution in [3.8, 4) is 0 Å². The van der Waals surface area contributed by atoms with Crippen LogP contribution in [0.2, 0.25) is 0 Å². The number of methoxy groups -OCH3 is 1. The first-order valence-electron chi connectivity index (χ1n) is 10.4. The van der Waals surface area contributed by atoms with Gasteiger partial charge in [-0.3, -0.25) is 0 Å². The van der Waals surface area contributed by atoms with Gasteiger partial charge in [0.05, 0.1) is 12.0 Å². The van der Waals surface area contributed by atoms with Gasteiger partial charge < -0.3 is 4.74 Å². The number of alkyl halides is 17. The third-order valence-corrected chi connectivity index (χ3v) is 5.87. The van der Waals surface area contributed by atoms with Crippen LogP contribution in [0.25, 0.3) is 0 Å². The monoisotopic (exact) mass is 610 g/mol. The molecule has 0 amide bonds. The molecule has 0 heterocycles. The van der Waals surface area contributed by atoms with E-state index < -0.39 is 65.2 Å². The van der Waals surface area contributed by atoms with E-state index in [1.807, 2.05) is 0 Å². The van der Waals surface area contributed by atoms with Gasteiger partial charge in [0.2, 0.25) is 0 Å². The zero-order chi connectivity index (χ0) is 31.3. The molecule has 228 valence electrons. The molecule has 1 nitrogen and oxygen atoms in total. The Morgan fingerprint density at radius 1 is 0.615 bits per heavy atom. The van der Waals surface area contributed by atoms with E-state index in [1.165, 1.54) is 12.1 Å². The summed E-state index contributed by atoms with van der Waals surface area (Å²) in [5, 5.41) is 0. The lowest BCUT2D eigenvalue weighted by Gasteiger charge is -2.44. The van der Waals surface area contributed by atoms with Gasteiger partial charge in [-0.2, -0.15) is 74.6 Å². The first kappa shape index (κ1) is 35.0. The quantitative estimate of drug-likeness (QED) is 0.215. The Kier molecular flexibility index (Phi) is 9.09. The molecule has 0 aliphatic heterocycles. The predicted molar refractivity (Wildman–Crippen MR) is 100 cm³/mol. The molecule has 0 saturated carbocycles. The molecule has 0 bridgehead atoms. The van der Waals surface area contributed by atoms with Gasteiger partial charge in [-0.1, -0.05) is 37.6 Å². The Morgan fingerprint density at radius 2 is 1.03 bits per heavy atom. The fraction of sp³-hybridized carbons (Fsp3) is 0.714. The molecule has 39 heavy (non-hydrogen) atoms. The first-order valence-corrected chi connectivity index (χ1v) is 10.4. The first-order chi connectivity index (χ1) is 17.1. The summed E-state index contributed by atoms with van der Waals surface area (Å²) < 4.78 is 234. The molecule has 0 aliphatic carbocycles. The molecule has 1 atom stereocenters. The third-order valence-electron chi connectivity index (χ3n) is 5.87. The summed E-state index contributed by atoms with van der Waals surface area (Å²) in [6, 6.07) is 4.57. The van der Waals surface area contributed by atoms with Crippen LogP contribution in [0.15, 0.2) is 24.3 Å². The minimum Gasteiger partial charge on any atom is -0.374 e. The van der Waals surface area contributed by atoms with E-state index in [0.717, 1.165) is 12.1 Å². The fourth-order valence-electron chi connectivity index (χ4n) is 3.37. The zero-order valence-corrected chi connectivity index (χ0v) is 19.8. The number of hydrogen-bond donors (Lipinski definition) is 0. The molecule has 0 fully saturated rings. The molecule has 1 unspecified atom stereocenters. The van der Waals surface area contributed by atoms with Crippen LogP contribution in [-0.2, 0) is 16.8 Å². The van der Waals surface area contributed by atoms with Crippen LogP contribution in [0.4, 0.5) is 74.6 Å². The van der Waals surface area contributed by atoms with Gasteiger partial charge in [0.25, 0.3) is 0 Å².